The number of carbonyl (C=O) groups excluding carboxylic acids is 3. The minimum Gasteiger partial charge on any atom is -0.756 e. The molecule has 0 spiro atoms. The van der Waals surface area contributed by atoms with Gasteiger partial charge >= 0.3 is 11.9 Å². The van der Waals surface area contributed by atoms with Crippen LogP contribution in [0.15, 0.2) is 48.6 Å². The molecule has 1 aliphatic carbocycles. The predicted octanol–water partition coefficient (Wildman–Crippen LogP) is 10.2. The number of nitrogens with zero attached hydrogens (tertiary/aromatic N) is 1. The van der Waals surface area contributed by atoms with E-state index in [2.05, 4.69) is 38.2 Å². The monoisotopic (exact) mass is 910 g/mol. The zero-order chi connectivity index (χ0) is 46.6. The SMILES string of the molecule is CCCCC/C=C\C/C=C\CCCCCCCCCCCC(=O)O[C@H](COC(=O)CCC/C=C\C[C@H]1[C@@H](O)CC(=O)[C@@H]1/C=C/[C@@H](O)CCCCC)COP(=O)([O-])OCC[N+](C)(C)C. The topological polar surface area (TPSA) is 169 Å². The molecule has 63 heavy (non-hydrogen) atoms. The Morgan fingerprint density at radius 1 is 0.762 bits per heavy atom. The number of hydrogen-bond acceptors (Lipinski definition) is 11. The zero-order valence-corrected chi connectivity index (χ0v) is 40.9. The quantitative estimate of drug-likeness (QED) is 0.0197. The number of allylic oxidation sites excluding steroid dienone is 7. The molecule has 0 aliphatic heterocycles. The molecule has 1 unspecified atom stereocenters. The third kappa shape index (κ3) is 33.7. The van der Waals surface area contributed by atoms with Crippen LogP contribution in [0.4, 0.5) is 0 Å². The molecule has 0 amide bonds. The number of Topliss-reactive ketones (excluding diaryl/α,β-unsaturated/α-hetero) is 1. The molecule has 1 rings (SSSR count). The van der Waals surface area contributed by atoms with Gasteiger partial charge in [0.15, 0.2) is 6.10 Å². The van der Waals surface area contributed by atoms with Gasteiger partial charge in [0.05, 0.1) is 40.0 Å². The third-order valence-electron chi connectivity index (χ3n) is 11.2. The van der Waals surface area contributed by atoms with Crippen LogP contribution in [0.2, 0.25) is 0 Å². The highest BCUT2D eigenvalue weighted by Crippen LogP contribution is 2.38. The van der Waals surface area contributed by atoms with Gasteiger partial charge in [0.1, 0.15) is 25.5 Å². The zero-order valence-electron chi connectivity index (χ0n) is 40.0. The molecule has 0 bridgehead atoms. The van der Waals surface area contributed by atoms with Crippen LogP contribution in [0.5, 0.6) is 0 Å². The number of likely N-dealkylation sites (N-methyl/N-ethyl adjacent to an activating group) is 1. The highest BCUT2D eigenvalue weighted by molar-refractivity contribution is 7.45. The lowest BCUT2D eigenvalue weighted by atomic mass is 9.90. The van der Waals surface area contributed by atoms with E-state index in [0.717, 1.165) is 51.4 Å². The first-order chi connectivity index (χ1) is 30.2. The molecule has 0 aromatic rings. The van der Waals surface area contributed by atoms with Gasteiger partial charge in [-0.2, -0.15) is 0 Å². The standard InChI is InChI=1S/C50H88NO11P/c1-6-8-10-11-12-13-14-15-16-17-18-19-20-21-22-23-24-25-31-35-50(56)62-44(42-61-63(57,58)60-39-38-51(3,4)5)41-59-49(55)34-30-27-26-29-33-45-46(48(54)40-47(45)53)37-36-43(52)32-28-9-7-2/h12-13,15-16,26,29,36-37,43-47,52-53H,6-11,14,17-25,27-28,30-35,38-42H2,1-5H3/b13-12-,16-15-,29-26-,37-36+/t43-,44+,45+,46+,47-/m0/s1. The fraction of sp³-hybridized carbons (Fsp3) is 0.780. The molecule has 0 radical (unpaired) electrons. The van der Waals surface area contributed by atoms with Crippen LogP contribution in [0, 0.1) is 11.8 Å². The first-order valence-electron chi connectivity index (χ1n) is 24.4. The minimum atomic E-state index is -4.70. The van der Waals surface area contributed by atoms with Gasteiger partial charge in [0, 0.05) is 31.1 Å². The van der Waals surface area contributed by atoms with Crippen molar-refractivity contribution in [2.24, 2.45) is 11.8 Å². The van der Waals surface area contributed by atoms with Crippen molar-refractivity contribution in [3.05, 3.63) is 48.6 Å². The highest BCUT2D eigenvalue weighted by Gasteiger charge is 2.39. The molecule has 0 saturated heterocycles. The number of ether oxygens (including phenoxy) is 2. The molecule has 2 N–H and O–H groups in total. The van der Waals surface area contributed by atoms with Crippen molar-refractivity contribution in [3.8, 4) is 0 Å². The molecular weight excluding hydrogens is 822 g/mol. The van der Waals surface area contributed by atoms with Crippen LogP contribution in [0.25, 0.3) is 0 Å². The summed E-state index contributed by atoms with van der Waals surface area (Å²) in [4.78, 5) is 50.4. The lowest BCUT2D eigenvalue weighted by Gasteiger charge is -2.28. The smallest absolute Gasteiger partial charge is 0.306 e. The van der Waals surface area contributed by atoms with Gasteiger partial charge in [-0.1, -0.05) is 140 Å². The Hall–Kier alpha value is -2.44. The summed E-state index contributed by atoms with van der Waals surface area (Å²) >= 11 is 0. The Morgan fingerprint density at radius 2 is 1.33 bits per heavy atom. The Morgan fingerprint density at radius 3 is 1.98 bits per heavy atom. The number of aliphatic hydroxyl groups excluding tert-OH is 2. The molecule has 0 heterocycles. The van der Waals surface area contributed by atoms with E-state index in [1.807, 2.05) is 33.3 Å². The van der Waals surface area contributed by atoms with Crippen molar-refractivity contribution in [2.75, 3.05) is 47.5 Å². The van der Waals surface area contributed by atoms with Crippen molar-refractivity contribution < 1.29 is 57.1 Å². The van der Waals surface area contributed by atoms with Crippen molar-refractivity contribution >= 4 is 25.5 Å². The van der Waals surface area contributed by atoms with E-state index in [1.54, 1.807) is 12.2 Å². The van der Waals surface area contributed by atoms with E-state index in [9.17, 15) is 34.1 Å². The second-order valence-electron chi connectivity index (χ2n) is 18.3. The fourth-order valence-corrected chi connectivity index (χ4v) is 7.98. The minimum absolute atomic E-state index is 0.0290. The van der Waals surface area contributed by atoms with E-state index >= 15 is 0 Å². The van der Waals surface area contributed by atoms with Crippen LogP contribution >= 0.6 is 7.82 Å². The number of rotatable bonds is 40. The maximum absolute atomic E-state index is 12.8. The molecule has 6 atom stereocenters. The number of phosphoric acid groups is 1. The van der Waals surface area contributed by atoms with Crippen LogP contribution in [-0.4, -0.2) is 98.2 Å². The normalized spacial score (nSPS) is 19.2. The fourth-order valence-electron chi connectivity index (χ4n) is 7.25. The van der Waals surface area contributed by atoms with Crippen LogP contribution in [0.1, 0.15) is 174 Å². The molecule has 364 valence electrons. The molecular formula is C50H88NO11P. The third-order valence-corrected chi connectivity index (χ3v) is 12.2. The number of carbonyl (C=O) groups is 3. The van der Waals surface area contributed by atoms with Crippen molar-refractivity contribution in [1.29, 1.82) is 0 Å². The molecule has 12 nitrogen and oxygen atoms in total. The number of aliphatic hydroxyl groups is 2. The summed E-state index contributed by atoms with van der Waals surface area (Å²) in [6.45, 7) is 3.79. The lowest BCUT2D eigenvalue weighted by molar-refractivity contribution is -0.870. The van der Waals surface area contributed by atoms with Crippen molar-refractivity contribution in [3.63, 3.8) is 0 Å². The number of phosphoric ester groups is 1. The summed E-state index contributed by atoms with van der Waals surface area (Å²) in [6.07, 6.45) is 36.4. The highest BCUT2D eigenvalue weighted by atomic mass is 31.2. The van der Waals surface area contributed by atoms with Gasteiger partial charge in [0.25, 0.3) is 7.82 Å². The molecule has 1 saturated carbocycles. The average Bonchev–Trinajstić information content (AvgIpc) is 3.50. The van der Waals surface area contributed by atoms with E-state index in [0.29, 0.717) is 43.1 Å². The number of hydrogen-bond donors (Lipinski definition) is 2. The Kier molecular flexibility index (Phi) is 34.2. The van der Waals surface area contributed by atoms with E-state index in [4.69, 9.17) is 18.5 Å². The summed E-state index contributed by atoms with van der Waals surface area (Å²) in [7, 11) is 1.01. The van der Waals surface area contributed by atoms with Crippen molar-refractivity contribution in [2.45, 2.75) is 193 Å². The number of esters is 2. The lowest BCUT2D eigenvalue weighted by Crippen LogP contribution is -2.37. The van der Waals surface area contributed by atoms with Crippen LogP contribution in [-0.2, 0) is 37.5 Å². The number of quaternary nitrogens is 1. The van der Waals surface area contributed by atoms with E-state index < -0.39 is 50.6 Å². The van der Waals surface area contributed by atoms with E-state index in [-0.39, 0.29) is 44.2 Å². The maximum Gasteiger partial charge on any atom is 0.306 e. The van der Waals surface area contributed by atoms with E-state index in [1.165, 1.54) is 57.8 Å². The first-order valence-corrected chi connectivity index (χ1v) is 25.9. The summed E-state index contributed by atoms with van der Waals surface area (Å²) in [6, 6.07) is 0. The second kappa shape index (κ2) is 36.7. The van der Waals surface area contributed by atoms with Gasteiger partial charge in [-0.05, 0) is 64.2 Å². The Bertz CT molecular complexity index is 1370. The predicted molar refractivity (Wildman–Crippen MR) is 251 cm³/mol. The molecule has 1 aliphatic rings. The molecule has 1 fully saturated rings. The largest absolute Gasteiger partial charge is 0.756 e. The molecule has 0 aromatic heterocycles. The van der Waals surface area contributed by atoms with Gasteiger partial charge < -0.3 is 38.1 Å². The summed E-state index contributed by atoms with van der Waals surface area (Å²) < 4.78 is 33.9. The van der Waals surface area contributed by atoms with Crippen LogP contribution in [0.3, 0.4) is 0 Å². The van der Waals surface area contributed by atoms with Gasteiger partial charge in [0.2, 0.25) is 0 Å². The summed E-state index contributed by atoms with van der Waals surface area (Å²) in [5, 5.41) is 20.8. The average molecular weight is 910 g/mol. The Balaban J connectivity index is 2.44. The van der Waals surface area contributed by atoms with Gasteiger partial charge in [-0.25, -0.2) is 0 Å². The van der Waals surface area contributed by atoms with Gasteiger partial charge in [-0.3, -0.25) is 18.9 Å². The van der Waals surface area contributed by atoms with Crippen LogP contribution < -0.4 is 4.89 Å². The number of ketones is 1. The molecule has 13 heteroatoms. The summed E-state index contributed by atoms with van der Waals surface area (Å²) in [5.41, 5.74) is 0. The second-order valence-corrected chi connectivity index (χ2v) is 19.7. The maximum atomic E-state index is 12.8. The first kappa shape index (κ1) is 58.6. The van der Waals surface area contributed by atoms with Crippen molar-refractivity contribution in [1.82, 2.24) is 0 Å². The summed E-state index contributed by atoms with van der Waals surface area (Å²) in [5.74, 6) is -1.78. The molecule has 0 aromatic carbocycles. The Labute approximate surface area is 382 Å². The van der Waals surface area contributed by atoms with Gasteiger partial charge in [-0.15, -0.1) is 0 Å². The number of unbranched alkanes of at least 4 members (excludes halogenated alkanes) is 15.